The second kappa shape index (κ2) is 5.80. The monoisotopic (exact) mass is 282 g/mol. The highest BCUT2D eigenvalue weighted by Crippen LogP contribution is 2.48. The van der Waals surface area contributed by atoms with Gasteiger partial charge < -0.3 is 9.47 Å². The van der Waals surface area contributed by atoms with Crippen LogP contribution in [0.15, 0.2) is 36.4 Å². The minimum absolute atomic E-state index is 0.441. The van der Waals surface area contributed by atoms with E-state index in [0.29, 0.717) is 19.1 Å². The summed E-state index contributed by atoms with van der Waals surface area (Å²) in [5.74, 6) is 2.37. The zero-order chi connectivity index (χ0) is 14.8. The van der Waals surface area contributed by atoms with E-state index in [1.165, 1.54) is 22.3 Å². The molecule has 0 fully saturated rings. The Labute approximate surface area is 126 Å². The van der Waals surface area contributed by atoms with E-state index in [4.69, 9.17) is 9.47 Å². The Balaban J connectivity index is 2.07. The molecule has 1 aliphatic carbocycles. The van der Waals surface area contributed by atoms with Gasteiger partial charge in [0.15, 0.2) is 0 Å². The summed E-state index contributed by atoms with van der Waals surface area (Å²) in [6, 6.07) is 12.9. The first kappa shape index (κ1) is 14.0. The molecule has 0 heterocycles. The molecule has 0 bridgehead atoms. The predicted molar refractivity (Wildman–Crippen MR) is 86.4 cm³/mol. The van der Waals surface area contributed by atoms with Crippen LogP contribution in [0.2, 0.25) is 0 Å². The van der Waals surface area contributed by atoms with Gasteiger partial charge in [0.1, 0.15) is 11.5 Å². The number of hydrogen-bond acceptors (Lipinski definition) is 2. The number of rotatable bonds is 5. The Morgan fingerprint density at radius 2 is 1.24 bits per heavy atom. The van der Waals surface area contributed by atoms with Crippen LogP contribution in [-0.2, 0) is 0 Å². The Hall–Kier alpha value is -1.96. The molecule has 0 spiro atoms. The van der Waals surface area contributed by atoms with Crippen molar-refractivity contribution < 1.29 is 9.47 Å². The Morgan fingerprint density at radius 1 is 0.762 bits per heavy atom. The molecule has 2 aromatic rings. The van der Waals surface area contributed by atoms with E-state index in [-0.39, 0.29) is 0 Å². The molecule has 0 saturated heterocycles. The van der Waals surface area contributed by atoms with E-state index in [1.807, 2.05) is 13.8 Å². The molecule has 2 heteroatoms. The maximum Gasteiger partial charge on any atom is 0.119 e. The topological polar surface area (TPSA) is 18.5 Å². The Bertz CT molecular complexity index is 591. The first-order chi connectivity index (χ1) is 10.3. The normalized spacial score (nSPS) is 12.9. The summed E-state index contributed by atoms with van der Waals surface area (Å²) in [4.78, 5) is 0. The summed E-state index contributed by atoms with van der Waals surface area (Å²) < 4.78 is 11.3. The molecule has 0 saturated carbocycles. The van der Waals surface area contributed by atoms with Crippen molar-refractivity contribution >= 4 is 0 Å². The van der Waals surface area contributed by atoms with Crippen molar-refractivity contribution in [3.63, 3.8) is 0 Å². The molecule has 3 rings (SSSR count). The van der Waals surface area contributed by atoms with Gasteiger partial charge >= 0.3 is 0 Å². The third kappa shape index (κ3) is 2.39. The van der Waals surface area contributed by atoms with Gasteiger partial charge in [-0.3, -0.25) is 0 Å². The van der Waals surface area contributed by atoms with Gasteiger partial charge in [-0.25, -0.2) is 0 Å². The summed E-state index contributed by atoms with van der Waals surface area (Å²) >= 11 is 0. The average Bonchev–Trinajstić information content (AvgIpc) is 2.80. The molecule has 0 N–H and O–H groups in total. The molecule has 0 aromatic heterocycles. The van der Waals surface area contributed by atoms with Crippen molar-refractivity contribution in [2.45, 2.75) is 33.1 Å². The smallest absolute Gasteiger partial charge is 0.119 e. The summed E-state index contributed by atoms with van der Waals surface area (Å²) in [6.07, 6.45) is 1.09. The van der Waals surface area contributed by atoms with Gasteiger partial charge in [-0.15, -0.1) is 0 Å². The lowest BCUT2D eigenvalue weighted by Gasteiger charge is -2.13. The molecule has 0 radical (unpaired) electrons. The molecule has 21 heavy (non-hydrogen) atoms. The van der Waals surface area contributed by atoms with Crippen molar-refractivity contribution in [3.8, 4) is 22.6 Å². The van der Waals surface area contributed by atoms with Crippen LogP contribution in [0.3, 0.4) is 0 Å². The molecule has 0 unspecified atom stereocenters. The third-order valence-electron chi connectivity index (χ3n) is 4.12. The van der Waals surface area contributed by atoms with Gasteiger partial charge in [-0.05, 0) is 66.8 Å². The van der Waals surface area contributed by atoms with Gasteiger partial charge in [0.25, 0.3) is 0 Å². The molecular formula is C19H22O2. The highest BCUT2D eigenvalue weighted by Gasteiger charge is 2.28. The SMILES string of the molecule is CCOc1ccc2c(c1)C(CC)c1cc(OCC)ccc1-2. The van der Waals surface area contributed by atoms with Gasteiger partial charge in [0.05, 0.1) is 13.2 Å². The van der Waals surface area contributed by atoms with E-state index < -0.39 is 0 Å². The van der Waals surface area contributed by atoms with Crippen molar-refractivity contribution in [2.24, 2.45) is 0 Å². The lowest BCUT2D eigenvalue weighted by molar-refractivity contribution is 0.339. The highest BCUT2D eigenvalue weighted by atomic mass is 16.5. The second-order valence-electron chi connectivity index (χ2n) is 5.32. The van der Waals surface area contributed by atoms with E-state index >= 15 is 0 Å². The van der Waals surface area contributed by atoms with Gasteiger partial charge in [0, 0.05) is 5.92 Å². The average molecular weight is 282 g/mol. The van der Waals surface area contributed by atoms with Crippen LogP contribution in [0.5, 0.6) is 11.5 Å². The summed E-state index contributed by atoms with van der Waals surface area (Å²) in [7, 11) is 0. The number of benzene rings is 2. The minimum atomic E-state index is 0.441. The third-order valence-corrected chi connectivity index (χ3v) is 4.12. The van der Waals surface area contributed by atoms with E-state index in [2.05, 4.69) is 43.3 Å². The van der Waals surface area contributed by atoms with E-state index in [0.717, 1.165) is 17.9 Å². The molecule has 2 aromatic carbocycles. The summed E-state index contributed by atoms with van der Waals surface area (Å²) in [5, 5.41) is 0. The minimum Gasteiger partial charge on any atom is -0.494 e. The number of hydrogen-bond donors (Lipinski definition) is 0. The predicted octanol–water partition coefficient (Wildman–Crippen LogP) is 5.01. The number of fused-ring (bicyclic) bond motifs is 3. The van der Waals surface area contributed by atoms with Crippen molar-refractivity contribution in [1.82, 2.24) is 0 Å². The van der Waals surface area contributed by atoms with Crippen LogP contribution in [0.4, 0.5) is 0 Å². The fourth-order valence-corrected chi connectivity index (χ4v) is 3.27. The molecule has 0 amide bonds. The van der Waals surface area contributed by atoms with Crippen LogP contribution in [-0.4, -0.2) is 13.2 Å². The fourth-order valence-electron chi connectivity index (χ4n) is 3.27. The summed E-state index contributed by atoms with van der Waals surface area (Å²) in [5.41, 5.74) is 5.44. The van der Waals surface area contributed by atoms with Crippen LogP contribution >= 0.6 is 0 Å². The second-order valence-corrected chi connectivity index (χ2v) is 5.32. The molecular weight excluding hydrogens is 260 g/mol. The largest absolute Gasteiger partial charge is 0.494 e. The van der Waals surface area contributed by atoms with Crippen molar-refractivity contribution in [2.75, 3.05) is 13.2 Å². The first-order valence-corrected chi connectivity index (χ1v) is 7.82. The van der Waals surface area contributed by atoms with Crippen molar-refractivity contribution in [1.29, 1.82) is 0 Å². The first-order valence-electron chi connectivity index (χ1n) is 7.82. The zero-order valence-electron chi connectivity index (χ0n) is 13.0. The highest BCUT2D eigenvalue weighted by molar-refractivity contribution is 5.80. The number of ether oxygens (including phenoxy) is 2. The molecule has 0 atom stereocenters. The lowest BCUT2D eigenvalue weighted by atomic mass is 9.94. The van der Waals surface area contributed by atoms with E-state index in [1.54, 1.807) is 0 Å². The van der Waals surface area contributed by atoms with E-state index in [9.17, 15) is 0 Å². The van der Waals surface area contributed by atoms with Crippen LogP contribution < -0.4 is 9.47 Å². The van der Waals surface area contributed by atoms with Crippen LogP contribution in [0.25, 0.3) is 11.1 Å². The molecule has 1 aliphatic rings. The Morgan fingerprint density at radius 3 is 1.62 bits per heavy atom. The quantitative estimate of drug-likeness (QED) is 0.767. The van der Waals surface area contributed by atoms with Gasteiger partial charge in [0.2, 0.25) is 0 Å². The summed E-state index contributed by atoms with van der Waals surface area (Å²) in [6.45, 7) is 7.69. The van der Waals surface area contributed by atoms with Gasteiger partial charge in [-0.2, -0.15) is 0 Å². The standard InChI is InChI=1S/C19H22O2/c1-4-15-18-11-13(20-5-2)7-9-16(18)17-10-8-14(21-6-3)12-19(15)17/h7-12,15H,4-6H2,1-3H3. The lowest BCUT2D eigenvalue weighted by Crippen LogP contribution is -1.97. The Kier molecular flexibility index (Phi) is 3.87. The molecule has 110 valence electrons. The maximum absolute atomic E-state index is 5.66. The van der Waals surface area contributed by atoms with Crippen LogP contribution in [0, 0.1) is 0 Å². The fraction of sp³-hybridized carbons (Fsp3) is 0.368. The zero-order valence-corrected chi connectivity index (χ0v) is 13.0. The molecule has 0 aliphatic heterocycles. The van der Waals surface area contributed by atoms with Crippen molar-refractivity contribution in [3.05, 3.63) is 47.5 Å². The maximum atomic E-state index is 5.66. The van der Waals surface area contributed by atoms with Gasteiger partial charge in [-0.1, -0.05) is 19.1 Å². The van der Waals surface area contributed by atoms with Crippen LogP contribution in [0.1, 0.15) is 44.2 Å². The molecule has 2 nitrogen and oxygen atoms in total.